The zero-order valence-corrected chi connectivity index (χ0v) is 6.14. The summed E-state index contributed by atoms with van der Waals surface area (Å²) in [6, 6.07) is 0.579. The Morgan fingerprint density at radius 3 is 3.40 bits per heavy atom. The van der Waals surface area contributed by atoms with E-state index >= 15 is 0 Å². The highest BCUT2D eigenvalue weighted by Crippen LogP contribution is 2.24. The molecule has 2 nitrogen and oxygen atoms in total. The first-order valence-corrected chi connectivity index (χ1v) is 4.06. The summed E-state index contributed by atoms with van der Waals surface area (Å²) in [5.41, 5.74) is 1.53. The fraction of sp³-hybridized carbons (Fsp3) is 0.750. The molecule has 0 aromatic rings. The van der Waals surface area contributed by atoms with E-state index in [1.165, 1.54) is 31.3 Å². The predicted molar refractivity (Wildman–Crippen MR) is 40.5 cm³/mol. The molecular weight excluding hydrogens is 124 g/mol. The minimum atomic E-state index is 0.579. The van der Waals surface area contributed by atoms with E-state index in [2.05, 4.69) is 16.8 Å². The number of fused-ring (bicyclic) bond motifs is 1. The Labute approximate surface area is 61.7 Å². The van der Waals surface area contributed by atoms with Crippen LogP contribution in [0.1, 0.15) is 25.7 Å². The standard InChI is InChI=1S/C8H13N2/c1-2-4-8-7(3-1)5-9-6-10-8/h5,8-9H,1-4,6H2. The summed E-state index contributed by atoms with van der Waals surface area (Å²) in [5.74, 6) is 0. The van der Waals surface area contributed by atoms with E-state index in [1.807, 2.05) is 0 Å². The maximum absolute atomic E-state index is 4.47. The number of hydrogen-bond donors (Lipinski definition) is 1. The smallest absolute Gasteiger partial charge is 0.0817 e. The molecule has 1 aliphatic carbocycles. The maximum atomic E-state index is 4.47. The summed E-state index contributed by atoms with van der Waals surface area (Å²) < 4.78 is 0. The van der Waals surface area contributed by atoms with E-state index < -0.39 is 0 Å². The predicted octanol–water partition coefficient (Wildman–Crippen LogP) is 0.978. The third-order valence-electron chi connectivity index (χ3n) is 2.31. The van der Waals surface area contributed by atoms with Crippen molar-refractivity contribution >= 4 is 0 Å². The lowest BCUT2D eigenvalue weighted by Crippen LogP contribution is -2.37. The molecule has 1 saturated carbocycles. The Balaban J connectivity index is 2.08. The van der Waals surface area contributed by atoms with Gasteiger partial charge in [-0.2, -0.15) is 0 Å². The lowest BCUT2D eigenvalue weighted by molar-refractivity contribution is 0.417. The fourth-order valence-electron chi connectivity index (χ4n) is 1.74. The molecule has 2 heteroatoms. The zero-order chi connectivity index (χ0) is 6.81. The van der Waals surface area contributed by atoms with Gasteiger partial charge in [0.25, 0.3) is 0 Å². The monoisotopic (exact) mass is 137 g/mol. The van der Waals surface area contributed by atoms with Crippen molar-refractivity contribution in [3.05, 3.63) is 11.8 Å². The molecule has 1 N–H and O–H groups in total. The van der Waals surface area contributed by atoms with Crippen molar-refractivity contribution in [2.45, 2.75) is 31.7 Å². The van der Waals surface area contributed by atoms with Crippen LogP contribution in [0, 0.1) is 0 Å². The number of rotatable bonds is 0. The summed E-state index contributed by atoms with van der Waals surface area (Å²) >= 11 is 0. The van der Waals surface area contributed by atoms with Crippen LogP contribution in [0.2, 0.25) is 0 Å². The van der Waals surface area contributed by atoms with Gasteiger partial charge in [-0.15, -0.1) is 0 Å². The van der Waals surface area contributed by atoms with Gasteiger partial charge >= 0.3 is 0 Å². The van der Waals surface area contributed by atoms with Gasteiger partial charge < -0.3 is 5.32 Å². The van der Waals surface area contributed by atoms with Crippen LogP contribution in [0.15, 0.2) is 11.8 Å². The van der Waals surface area contributed by atoms with Crippen LogP contribution in [-0.4, -0.2) is 12.7 Å². The SMILES string of the molecule is C1=C2CCCCC2[N]CN1. The van der Waals surface area contributed by atoms with Gasteiger partial charge in [0.2, 0.25) is 0 Å². The second-order valence-corrected chi connectivity index (χ2v) is 3.03. The van der Waals surface area contributed by atoms with Crippen LogP contribution >= 0.6 is 0 Å². The maximum Gasteiger partial charge on any atom is 0.0817 e. The van der Waals surface area contributed by atoms with Gasteiger partial charge in [0.1, 0.15) is 0 Å². The average molecular weight is 137 g/mol. The van der Waals surface area contributed by atoms with Crippen molar-refractivity contribution in [2.75, 3.05) is 6.67 Å². The van der Waals surface area contributed by atoms with Gasteiger partial charge in [0.15, 0.2) is 0 Å². The van der Waals surface area contributed by atoms with E-state index in [4.69, 9.17) is 0 Å². The lowest BCUT2D eigenvalue weighted by Gasteiger charge is -2.28. The first-order valence-electron chi connectivity index (χ1n) is 4.06. The van der Waals surface area contributed by atoms with Crippen molar-refractivity contribution in [3.63, 3.8) is 0 Å². The Kier molecular flexibility index (Phi) is 1.63. The molecule has 1 atom stereocenters. The number of nitrogens with one attached hydrogen (secondary N) is 1. The third kappa shape index (κ3) is 1.03. The van der Waals surface area contributed by atoms with Crippen LogP contribution in [0.4, 0.5) is 0 Å². The summed E-state index contributed by atoms with van der Waals surface area (Å²) in [7, 11) is 0. The normalized spacial score (nSPS) is 32.0. The van der Waals surface area contributed by atoms with Crippen LogP contribution in [0.25, 0.3) is 0 Å². The molecule has 0 bridgehead atoms. The Morgan fingerprint density at radius 2 is 2.50 bits per heavy atom. The second-order valence-electron chi connectivity index (χ2n) is 3.03. The largest absolute Gasteiger partial charge is 0.377 e. The first kappa shape index (κ1) is 6.23. The van der Waals surface area contributed by atoms with Crippen LogP contribution in [0.5, 0.6) is 0 Å². The van der Waals surface area contributed by atoms with E-state index in [1.54, 1.807) is 0 Å². The molecule has 2 rings (SSSR count). The van der Waals surface area contributed by atoms with Crippen LogP contribution in [-0.2, 0) is 0 Å². The van der Waals surface area contributed by atoms with Crippen molar-refractivity contribution in [1.29, 1.82) is 0 Å². The topological polar surface area (TPSA) is 26.1 Å². The van der Waals surface area contributed by atoms with Crippen molar-refractivity contribution < 1.29 is 0 Å². The molecule has 0 amide bonds. The van der Waals surface area contributed by atoms with Crippen LogP contribution < -0.4 is 10.6 Å². The van der Waals surface area contributed by atoms with Gasteiger partial charge in [-0.3, -0.25) is 0 Å². The van der Waals surface area contributed by atoms with Gasteiger partial charge in [-0.1, -0.05) is 6.42 Å². The molecule has 1 heterocycles. The van der Waals surface area contributed by atoms with Gasteiger partial charge in [0, 0.05) is 6.04 Å². The summed E-state index contributed by atoms with van der Waals surface area (Å²) in [6.07, 6.45) is 7.44. The number of hydrogen-bond acceptors (Lipinski definition) is 1. The molecule has 0 aromatic heterocycles. The fourth-order valence-corrected chi connectivity index (χ4v) is 1.74. The first-order chi connectivity index (χ1) is 4.97. The molecule has 1 fully saturated rings. The molecule has 0 spiro atoms. The highest BCUT2D eigenvalue weighted by Gasteiger charge is 2.20. The second kappa shape index (κ2) is 2.62. The minimum absolute atomic E-state index is 0.579. The molecule has 1 radical (unpaired) electrons. The molecule has 1 aliphatic heterocycles. The van der Waals surface area contributed by atoms with Crippen molar-refractivity contribution in [1.82, 2.24) is 10.6 Å². The molecule has 2 aliphatic rings. The molecule has 0 saturated heterocycles. The van der Waals surface area contributed by atoms with Gasteiger partial charge in [-0.25, -0.2) is 5.32 Å². The zero-order valence-electron chi connectivity index (χ0n) is 6.14. The summed E-state index contributed by atoms with van der Waals surface area (Å²) in [6.45, 7) is 0.828. The minimum Gasteiger partial charge on any atom is -0.377 e. The van der Waals surface area contributed by atoms with Crippen molar-refractivity contribution in [3.8, 4) is 0 Å². The summed E-state index contributed by atoms with van der Waals surface area (Å²) in [4.78, 5) is 0. The molecule has 0 aromatic carbocycles. The van der Waals surface area contributed by atoms with E-state index in [0.29, 0.717) is 6.04 Å². The lowest BCUT2D eigenvalue weighted by atomic mass is 9.90. The summed E-state index contributed by atoms with van der Waals surface area (Å²) in [5, 5.41) is 7.63. The molecule has 10 heavy (non-hydrogen) atoms. The van der Waals surface area contributed by atoms with Gasteiger partial charge in [-0.05, 0) is 31.0 Å². The average Bonchev–Trinajstić information content (AvgIpc) is 2.05. The Morgan fingerprint density at radius 1 is 1.50 bits per heavy atom. The molecular formula is C8H13N2. The van der Waals surface area contributed by atoms with Crippen molar-refractivity contribution in [2.24, 2.45) is 0 Å². The highest BCUT2D eigenvalue weighted by molar-refractivity contribution is 5.14. The third-order valence-corrected chi connectivity index (χ3v) is 2.31. The van der Waals surface area contributed by atoms with E-state index in [-0.39, 0.29) is 0 Å². The van der Waals surface area contributed by atoms with Gasteiger partial charge in [0.05, 0.1) is 6.67 Å². The molecule has 55 valence electrons. The number of nitrogens with zero attached hydrogens (tertiary/aromatic N) is 1. The Hall–Kier alpha value is -0.500. The quantitative estimate of drug-likeness (QED) is 0.529. The highest BCUT2D eigenvalue weighted by atomic mass is 15.1. The molecule has 1 unspecified atom stereocenters. The van der Waals surface area contributed by atoms with E-state index in [0.717, 1.165) is 6.67 Å². The van der Waals surface area contributed by atoms with Crippen LogP contribution in [0.3, 0.4) is 0 Å². The van der Waals surface area contributed by atoms with E-state index in [9.17, 15) is 0 Å². The Bertz CT molecular complexity index is 151.